The maximum Gasteiger partial charge on any atom is 0.328 e. The average Bonchev–Trinajstić information content (AvgIpc) is 2.70. The first-order valence-electron chi connectivity index (χ1n) is 9.53. The Balaban J connectivity index is 0.00000900. The van der Waals surface area contributed by atoms with Crippen molar-refractivity contribution in [3.63, 3.8) is 0 Å². The van der Waals surface area contributed by atoms with Crippen LogP contribution in [0.25, 0.3) is 0 Å². The van der Waals surface area contributed by atoms with Gasteiger partial charge in [-0.15, -0.1) is 12.4 Å². The lowest BCUT2D eigenvalue weighted by atomic mass is 10.0. The van der Waals surface area contributed by atoms with Crippen molar-refractivity contribution >= 4 is 36.1 Å². The van der Waals surface area contributed by atoms with E-state index in [1.807, 2.05) is 0 Å². The minimum absolute atomic E-state index is 0. The number of methoxy groups -OCH3 is 1. The monoisotopic (exact) mass is 458 g/mol. The Labute approximate surface area is 187 Å². The highest BCUT2D eigenvalue weighted by Crippen LogP contribution is 2.11. The number of esters is 1. The van der Waals surface area contributed by atoms with E-state index in [0.29, 0.717) is 0 Å². The predicted octanol–water partition coefficient (Wildman–Crippen LogP) is -0.381. The van der Waals surface area contributed by atoms with Crippen LogP contribution in [-0.2, 0) is 30.3 Å². The molecule has 0 aliphatic heterocycles. The molecule has 0 heterocycles. The van der Waals surface area contributed by atoms with Crippen LogP contribution in [0, 0.1) is 5.92 Å². The van der Waals surface area contributed by atoms with Gasteiger partial charge in [0, 0.05) is 0 Å². The zero-order chi connectivity index (χ0) is 22.8. The van der Waals surface area contributed by atoms with Gasteiger partial charge in [-0.25, -0.2) is 4.79 Å². The summed E-state index contributed by atoms with van der Waals surface area (Å²) in [5.74, 6) is -2.32. The van der Waals surface area contributed by atoms with Gasteiger partial charge < -0.3 is 31.5 Å². The molecule has 1 aromatic rings. The number of hydrogen-bond acceptors (Lipinski definition) is 7. The number of halogens is 1. The number of carbonyl (C=O) groups excluding carboxylic acids is 4. The van der Waals surface area contributed by atoms with Gasteiger partial charge in [-0.3, -0.25) is 14.4 Å². The number of ether oxygens (including phenoxy) is 1. The molecule has 3 unspecified atom stereocenters. The van der Waals surface area contributed by atoms with Gasteiger partial charge in [-0.1, -0.05) is 26.0 Å². The molecular formula is C20H31ClN4O6. The highest BCUT2D eigenvalue weighted by Gasteiger charge is 2.25. The minimum atomic E-state index is -0.919. The fourth-order valence-electron chi connectivity index (χ4n) is 2.53. The molecule has 0 fully saturated rings. The van der Waals surface area contributed by atoms with Gasteiger partial charge in [0.2, 0.25) is 17.7 Å². The summed E-state index contributed by atoms with van der Waals surface area (Å²) in [6, 6.07) is 3.65. The fourth-order valence-corrected chi connectivity index (χ4v) is 2.53. The molecule has 6 N–H and O–H groups in total. The second kappa shape index (κ2) is 13.5. The number of phenolic OH excluding ortho intramolecular Hbond substituents is 1. The van der Waals surface area contributed by atoms with Crippen molar-refractivity contribution in [1.29, 1.82) is 0 Å². The zero-order valence-electron chi connectivity index (χ0n) is 18.0. The van der Waals surface area contributed by atoms with E-state index >= 15 is 0 Å². The molecule has 3 amide bonds. The number of carbonyl (C=O) groups is 4. The van der Waals surface area contributed by atoms with E-state index in [2.05, 4.69) is 20.7 Å². The summed E-state index contributed by atoms with van der Waals surface area (Å²) in [6.45, 7) is 4.60. The second-order valence-corrected chi connectivity index (χ2v) is 7.24. The fraction of sp³-hybridized carbons (Fsp3) is 0.500. The molecule has 0 saturated heterocycles. The Hall–Kier alpha value is -2.85. The van der Waals surface area contributed by atoms with Crippen LogP contribution < -0.4 is 21.7 Å². The molecule has 31 heavy (non-hydrogen) atoms. The molecule has 0 aromatic heterocycles. The van der Waals surface area contributed by atoms with E-state index in [4.69, 9.17) is 5.73 Å². The van der Waals surface area contributed by atoms with Crippen LogP contribution in [0.5, 0.6) is 5.75 Å². The lowest BCUT2D eigenvalue weighted by Crippen LogP contribution is -2.53. The van der Waals surface area contributed by atoms with Gasteiger partial charge in [0.15, 0.2) is 0 Å². The molecule has 1 aromatic carbocycles. The number of benzene rings is 1. The Bertz CT molecular complexity index is 757. The van der Waals surface area contributed by atoms with Gasteiger partial charge >= 0.3 is 5.97 Å². The Kier molecular flexibility index (Phi) is 12.2. The maximum absolute atomic E-state index is 12.2. The maximum atomic E-state index is 12.2. The molecule has 0 saturated carbocycles. The van der Waals surface area contributed by atoms with Crippen LogP contribution >= 0.6 is 12.4 Å². The summed E-state index contributed by atoms with van der Waals surface area (Å²) in [5, 5.41) is 16.7. The molecule has 1 rings (SSSR count). The van der Waals surface area contributed by atoms with Crippen molar-refractivity contribution in [3.05, 3.63) is 29.8 Å². The summed E-state index contributed by atoms with van der Waals surface area (Å²) >= 11 is 0. The predicted molar refractivity (Wildman–Crippen MR) is 116 cm³/mol. The van der Waals surface area contributed by atoms with Crippen molar-refractivity contribution in [1.82, 2.24) is 16.0 Å². The lowest BCUT2D eigenvalue weighted by molar-refractivity contribution is -0.146. The van der Waals surface area contributed by atoms with E-state index in [0.717, 1.165) is 5.56 Å². The summed E-state index contributed by atoms with van der Waals surface area (Å²) < 4.78 is 4.64. The highest BCUT2D eigenvalue weighted by atomic mass is 35.5. The lowest BCUT2D eigenvalue weighted by Gasteiger charge is -2.20. The Morgan fingerprint density at radius 1 is 1.03 bits per heavy atom. The quantitative estimate of drug-likeness (QED) is 0.298. The molecule has 0 radical (unpaired) electrons. The van der Waals surface area contributed by atoms with E-state index < -0.39 is 41.8 Å². The summed E-state index contributed by atoms with van der Waals surface area (Å²) in [7, 11) is 1.22. The molecule has 0 spiro atoms. The number of amides is 3. The number of phenols is 1. The van der Waals surface area contributed by atoms with Gasteiger partial charge in [0.1, 0.15) is 17.8 Å². The number of nitrogens with two attached hydrogens (primary N) is 1. The van der Waals surface area contributed by atoms with Crippen LogP contribution in [0.2, 0.25) is 0 Å². The van der Waals surface area contributed by atoms with E-state index in [-0.39, 0.29) is 37.0 Å². The highest BCUT2D eigenvalue weighted by molar-refractivity contribution is 5.92. The number of aromatic hydroxyl groups is 1. The molecule has 0 bridgehead atoms. The first-order valence-corrected chi connectivity index (χ1v) is 9.53. The SMILES string of the molecule is COC(=O)C(NC(=O)CNC(=O)C(C)NC(=O)C(N)Cc1ccc(O)cc1)C(C)C.Cl. The normalized spacial score (nSPS) is 13.2. The standard InChI is InChI=1S/C20H30N4O6.ClH/c1-11(2)17(20(29)30-4)24-16(26)10-22-18(27)12(3)23-19(28)15(21)9-13-5-7-14(25)8-6-13;/h5-8,11-12,15,17,25H,9-10,21H2,1-4H3,(H,22,27)(H,23,28)(H,24,26);1H. The van der Waals surface area contributed by atoms with Crippen LogP contribution in [0.3, 0.4) is 0 Å². The molecule has 3 atom stereocenters. The molecule has 174 valence electrons. The molecule has 0 aliphatic rings. The van der Waals surface area contributed by atoms with Gasteiger partial charge in [-0.2, -0.15) is 0 Å². The van der Waals surface area contributed by atoms with Crippen molar-refractivity contribution in [2.45, 2.75) is 45.3 Å². The smallest absolute Gasteiger partial charge is 0.328 e. The third-order valence-corrected chi connectivity index (χ3v) is 4.34. The van der Waals surface area contributed by atoms with E-state index in [1.54, 1.807) is 26.0 Å². The first-order chi connectivity index (χ1) is 14.0. The largest absolute Gasteiger partial charge is 0.508 e. The number of rotatable bonds is 10. The van der Waals surface area contributed by atoms with Gasteiger partial charge in [0.05, 0.1) is 19.7 Å². The van der Waals surface area contributed by atoms with Crippen molar-refractivity contribution in [3.8, 4) is 5.75 Å². The van der Waals surface area contributed by atoms with Crippen LogP contribution in [0.4, 0.5) is 0 Å². The first kappa shape index (κ1) is 28.1. The van der Waals surface area contributed by atoms with Crippen LogP contribution in [0.15, 0.2) is 24.3 Å². The summed E-state index contributed by atoms with van der Waals surface area (Å²) in [6.07, 6.45) is 0.229. The molecule has 0 aliphatic carbocycles. The molecular weight excluding hydrogens is 428 g/mol. The second-order valence-electron chi connectivity index (χ2n) is 7.24. The van der Waals surface area contributed by atoms with Crippen molar-refractivity contribution in [2.75, 3.05) is 13.7 Å². The Morgan fingerprint density at radius 2 is 1.61 bits per heavy atom. The minimum Gasteiger partial charge on any atom is -0.508 e. The van der Waals surface area contributed by atoms with Crippen LogP contribution in [-0.4, -0.2) is 60.6 Å². The van der Waals surface area contributed by atoms with E-state index in [1.165, 1.54) is 26.2 Å². The van der Waals surface area contributed by atoms with Gasteiger partial charge in [0.25, 0.3) is 0 Å². The Morgan fingerprint density at radius 3 is 2.13 bits per heavy atom. The molecule has 10 nitrogen and oxygen atoms in total. The van der Waals surface area contributed by atoms with Gasteiger partial charge in [-0.05, 0) is 37.0 Å². The molecule has 11 heteroatoms. The average molecular weight is 459 g/mol. The number of nitrogens with one attached hydrogen (secondary N) is 3. The van der Waals surface area contributed by atoms with E-state index in [9.17, 15) is 24.3 Å². The third kappa shape index (κ3) is 9.67. The van der Waals surface area contributed by atoms with Crippen molar-refractivity contribution < 1.29 is 29.0 Å². The third-order valence-electron chi connectivity index (χ3n) is 4.34. The summed E-state index contributed by atoms with van der Waals surface area (Å²) in [4.78, 5) is 48.0. The van der Waals surface area contributed by atoms with Crippen LogP contribution in [0.1, 0.15) is 26.3 Å². The van der Waals surface area contributed by atoms with Crippen molar-refractivity contribution in [2.24, 2.45) is 11.7 Å². The summed E-state index contributed by atoms with van der Waals surface area (Å²) in [5.41, 5.74) is 6.63. The zero-order valence-corrected chi connectivity index (χ0v) is 18.8. The topological polar surface area (TPSA) is 160 Å². The number of hydrogen-bond donors (Lipinski definition) is 5.